The number of hydrogen-bond acceptors (Lipinski definition) is 3. The Labute approximate surface area is 156 Å². The van der Waals surface area contributed by atoms with Crippen LogP contribution in [0.1, 0.15) is 36.1 Å². The van der Waals surface area contributed by atoms with E-state index in [1.165, 1.54) is 19.2 Å². The van der Waals surface area contributed by atoms with Crippen molar-refractivity contribution >= 4 is 12.0 Å². The van der Waals surface area contributed by atoms with E-state index in [4.69, 9.17) is 4.74 Å². The first-order valence-electron chi connectivity index (χ1n) is 8.45. The van der Waals surface area contributed by atoms with Crippen molar-refractivity contribution in [1.29, 1.82) is 0 Å². The van der Waals surface area contributed by atoms with E-state index in [1.54, 1.807) is 13.0 Å². The number of nitrogens with one attached hydrogen (secondary N) is 1. The van der Waals surface area contributed by atoms with Gasteiger partial charge in [-0.05, 0) is 49.6 Å². The number of anilines is 1. The van der Waals surface area contributed by atoms with Gasteiger partial charge in [-0.1, -0.05) is 35.9 Å². The Balaban J connectivity index is 2.42. The molecule has 0 fully saturated rings. The van der Waals surface area contributed by atoms with Crippen molar-refractivity contribution in [3.05, 3.63) is 70.8 Å². The van der Waals surface area contributed by atoms with Gasteiger partial charge in [0.25, 0.3) is 0 Å². The maximum atomic E-state index is 13.5. The summed E-state index contributed by atoms with van der Waals surface area (Å²) in [7, 11) is 1.32. The van der Waals surface area contributed by atoms with Crippen molar-refractivity contribution in [2.45, 2.75) is 32.5 Å². The number of alkyl halides is 3. The summed E-state index contributed by atoms with van der Waals surface area (Å²) in [5.74, 6) is 0.136. The standard InChI is InChI=1S/C21H22F3NO2/c1-14-4-7-16(8-5-14)19(10-6-15(2)13-26)25-20-11-9-17(27-3)12-18(20)21(22,23)24/h4-9,11-13,19,25H,10H2,1-3H3/b15-6+. The summed E-state index contributed by atoms with van der Waals surface area (Å²) in [5, 5.41) is 2.98. The largest absolute Gasteiger partial charge is 0.497 e. The fourth-order valence-corrected chi connectivity index (χ4v) is 2.63. The Bertz CT molecular complexity index is 811. The second kappa shape index (κ2) is 8.75. The molecule has 0 spiro atoms. The number of aldehydes is 1. The topological polar surface area (TPSA) is 38.3 Å². The highest BCUT2D eigenvalue weighted by atomic mass is 19.4. The summed E-state index contributed by atoms with van der Waals surface area (Å²) < 4.78 is 45.4. The number of benzene rings is 2. The van der Waals surface area contributed by atoms with E-state index in [-0.39, 0.29) is 11.4 Å². The molecule has 144 valence electrons. The molecule has 0 saturated carbocycles. The van der Waals surface area contributed by atoms with Gasteiger partial charge in [-0.25, -0.2) is 0 Å². The van der Waals surface area contributed by atoms with Gasteiger partial charge in [0.1, 0.15) is 12.0 Å². The van der Waals surface area contributed by atoms with Crippen LogP contribution in [0.4, 0.5) is 18.9 Å². The molecule has 2 aromatic rings. The van der Waals surface area contributed by atoms with Crippen molar-refractivity contribution in [3.8, 4) is 5.75 Å². The molecule has 27 heavy (non-hydrogen) atoms. The lowest BCUT2D eigenvalue weighted by atomic mass is 10.00. The summed E-state index contributed by atoms with van der Waals surface area (Å²) in [6.45, 7) is 3.60. The van der Waals surface area contributed by atoms with Crippen LogP contribution < -0.4 is 10.1 Å². The molecule has 1 N–H and O–H groups in total. The normalized spacial score (nSPS) is 13.2. The zero-order valence-electron chi connectivity index (χ0n) is 15.4. The van der Waals surface area contributed by atoms with Crippen molar-refractivity contribution in [2.75, 3.05) is 12.4 Å². The Morgan fingerprint density at radius 1 is 1.19 bits per heavy atom. The number of methoxy groups -OCH3 is 1. The third-order valence-electron chi connectivity index (χ3n) is 4.20. The first kappa shape index (κ1) is 20.6. The summed E-state index contributed by atoms with van der Waals surface area (Å²) in [6, 6.07) is 10.9. The minimum atomic E-state index is -4.52. The maximum Gasteiger partial charge on any atom is 0.418 e. The summed E-state index contributed by atoms with van der Waals surface area (Å²) in [4.78, 5) is 10.9. The van der Waals surface area contributed by atoms with Gasteiger partial charge in [-0.15, -0.1) is 0 Å². The van der Waals surface area contributed by atoms with Gasteiger partial charge >= 0.3 is 6.18 Å². The van der Waals surface area contributed by atoms with Gasteiger partial charge in [0.15, 0.2) is 0 Å². The molecule has 0 aliphatic heterocycles. The zero-order chi connectivity index (χ0) is 20.0. The molecule has 1 unspecified atom stereocenters. The van der Waals surface area contributed by atoms with Gasteiger partial charge < -0.3 is 10.1 Å². The Morgan fingerprint density at radius 2 is 1.85 bits per heavy atom. The highest BCUT2D eigenvalue weighted by molar-refractivity contribution is 5.72. The van der Waals surface area contributed by atoms with Crippen LogP contribution in [0.25, 0.3) is 0 Å². The van der Waals surface area contributed by atoms with Crippen molar-refractivity contribution in [2.24, 2.45) is 0 Å². The average molecular weight is 377 g/mol. The molecule has 0 aliphatic rings. The van der Waals surface area contributed by atoms with Crippen LogP contribution in [-0.4, -0.2) is 13.4 Å². The quantitative estimate of drug-likeness (QED) is 0.496. The van der Waals surface area contributed by atoms with E-state index >= 15 is 0 Å². The molecule has 1 atom stereocenters. The number of halogens is 3. The molecule has 2 rings (SSSR count). The van der Waals surface area contributed by atoms with Crippen LogP contribution in [0.5, 0.6) is 5.75 Å². The second-order valence-corrected chi connectivity index (χ2v) is 6.32. The maximum absolute atomic E-state index is 13.5. The van der Waals surface area contributed by atoms with Gasteiger partial charge in [0, 0.05) is 5.69 Å². The highest BCUT2D eigenvalue weighted by Crippen LogP contribution is 2.39. The number of carbonyl (C=O) groups is 1. The predicted octanol–water partition coefficient (Wildman–Crippen LogP) is 5.71. The van der Waals surface area contributed by atoms with Crippen LogP contribution in [-0.2, 0) is 11.0 Å². The van der Waals surface area contributed by atoms with Gasteiger partial charge in [-0.3, -0.25) is 4.79 Å². The van der Waals surface area contributed by atoms with E-state index < -0.39 is 17.8 Å². The molecule has 0 radical (unpaired) electrons. The number of hydrogen-bond donors (Lipinski definition) is 1. The number of carbonyl (C=O) groups excluding carboxylic acids is 1. The Morgan fingerprint density at radius 3 is 2.41 bits per heavy atom. The van der Waals surface area contributed by atoms with Gasteiger partial charge in [-0.2, -0.15) is 13.2 Å². The van der Waals surface area contributed by atoms with Gasteiger partial charge in [0.2, 0.25) is 0 Å². The van der Waals surface area contributed by atoms with E-state index in [9.17, 15) is 18.0 Å². The number of rotatable bonds is 7. The lowest BCUT2D eigenvalue weighted by Gasteiger charge is -2.23. The highest BCUT2D eigenvalue weighted by Gasteiger charge is 2.34. The molecule has 0 aromatic heterocycles. The number of ether oxygens (including phenoxy) is 1. The van der Waals surface area contributed by atoms with Crippen LogP contribution in [0.2, 0.25) is 0 Å². The molecule has 0 saturated heterocycles. The molecular formula is C21H22F3NO2. The molecule has 3 nitrogen and oxygen atoms in total. The SMILES string of the molecule is COc1ccc(NC(C/C=C(\C)C=O)c2ccc(C)cc2)c(C(F)(F)F)c1. The van der Waals surface area contributed by atoms with Gasteiger partial charge in [0.05, 0.1) is 18.7 Å². The van der Waals surface area contributed by atoms with Crippen molar-refractivity contribution in [1.82, 2.24) is 0 Å². The number of allylic oxidation sites excluding steroid dienone is 1. The van der Waals surface area contributed by atoms with Crippen molar-refractivity contribution in [3.63, 3.8) is 0 Å². The van der Waals surface area contributed by atoms with E-state index in [0.29, 0.717) is 12.0 Å². The molecule has 0 aliphatic carbocycles. The lowest BCUT2D eigenvalue weighted by Crippen LogP contribution is -2.15. The monoisotopic (exact) mass is 377 g/mol. The zero-order valence-corrected chi connectivity index (χ0v) is 15.4. The smallest absolute Gasteiger partial charge is 0.418 e. The Hall–Kier alpha value is -2.76. The molecule has 0 heterocycles. The molecule has 0 amide bonds. The minimum absolute atomic E-state index is 0.0361. The third-order valence-corrected chi connectivity index (χ3v) is 4.20. The van der Waals surface area contributed by atoms with E-state index in [2.05, 4.69) is 5.32 Å². The molecule has 6 heteroatoms. The summed E-state index contributed by atoms with van der Waals surface area (Å²) in [6.07, 6.45) is -1.72. The fraction of sp³-hybridized carbons (Fsp3) is 0.286. The van der Waals surface area contributed by atoms with Crippen LogP contribution in [0, 0.1) is 6.92 Å². The third kappa shape index (κ3) is 5.61. The summed E-state index contributed by atoms with van der Waals surface area (Å²) >= 11 is 0. The fourth-order valence-electron chi connectivity index (χ4n) is 2.63. The average Bonchev–Trinajstić information content (AvgIpc) is 2.64. The molecular weight excluding hydrogens is 355 g/mol. The summed E-state index contributed by atoms with van der Waals surface area (Å²) in [5.41, 5.74) is 1.58. The van der Waals surface area contributed by atoms with Crippen LogP contribution in [0.15, 0.2) is 54.1 Å². The second-order valence-electron chi connectivity index (χ2n) is 6.32. The first-order valence-corrected chi connectivity index (χ1v) is 8.45. The minimum Gasteiger partial charge on any atom is -0.497 e. The lowest BCUT2D eigenvalue weighted by molar-refractivity contribution is -0.137. The number of aryl methyl sites for hydroxylation is 1. The van der Waals surface area contributed by atoms with E-state index in [0.717, 1.165) is 23.5 Å². The van der Waals surface area contributed by atoms with Crippen LogP contribution in [0.3, 0.4) is 0 Å². The van der Waals surface area contributed by atoms with E-state index in [1.807, 2.05) is 31.2 Å². The van der Waals surface area contributed by atoms with Crippen LogP contribution >= 0.6 is 0 Å². The molecule has 0 bridgehead atoms. The molecule has 2 aromatic carbocycles. The van der Waals surface area contributed by atoms with Crippen molar-refractivity contribution < 1.29 is 22.7 Å². The Kier molecular flexibility index (Phi) is 6.66. The predicted molar refractivity (Wildman–Crippen MR) is 100.0 cm³/mol. The first-order chi connectivity index (χ1) is 12.7.